The zero-order valence-electron chi connectivity index (χ0n) is 13.2. The van der Waals surface area contributed by atoms with Crippen LogP contribution in [0.5, 0.6) is 0 Å². The zero-order chi connectivity index (χ0) is 16.4. The number of nitrogens with zero attached hydrogens (tertiary/aromatic N) is 4. The Balaban J connectivity index is 1.79. The number of anilines is 1. The summed E-state index contributed by atoms with van der Waals surface area (Å²) in [5.74, 6) is 0.674. The number of hydrogen-bond donors (Lipinski definition) is 1. The molecule has 0 radical (unpaired) electrons. The van der Waals surface area contributed by atoms with E-state index in [9.17, 15) is 5.11 Å². The summed E-state index contributed by atoms with van der Waals surface area (Å²) in [5.41, 5.74) is 2.87. The van der Waals surface area contributed by atoms with Gasteiger partial charge in [0.1, 0.15) is 0 Å². The van der Waals surface area contributed by atoms with Crippen LogP contribution in [0.4, 0.5) is 5.95 Å². The largest absolute Gasteiger partial charge is 0.391 e. The van der Waals surface area contributed by atoms with Crippen LogP contribution in [0.1, 0.15) is 12.8 Å². The van der Waals surface area contributed by atoms with Crippen LogP contribution in [0, 0.1) is 0 Å². The molecule has 1 saturated heterocycles. The van der Waals surface area contributed by atoms with Gasteiger partial charge in [-0.15, -0.1) is 11.3 Å². The number of hydrogen-bond acceptors (Lipinski definition) is 6. The number of piperidine rings is 1. The van der Waals surface area contributed by atoms with Crippen molar-refractivity contribution in [1.29, 1.82) is 0 Å². The predicted octanol–water partition coefficient (Wildman–Crippen LogP) is 3.23. The molecule has 0 spiro atoms. The highest BCUT2D eigenvalue weighted by Gasteiger charge is 2.21. The van der Waals surface area contributed by atoms with E-state index < -0.39 is 0 Å². The molecule has 6 heteroatoms. The van der Waals surface area contributed by atoms with Crippen molar-refractivity contribution >= 4 is 17.3 Å². The van der Waals surface area contributed by atoms with E-state index >= 15 is 0 Å². The molecule has 1 fully saturated rings. The maximum Gasteiger partial charge on any atom is 0.225 e. The summed E-state index contributed by atoms with van der Waals surface area (Å²) < 4.78 is 0. The van der Waals surface area contributed by atoms with Crippen molar-refractivity contribution in [3.63, 3.8) is 0 Å². The molecular formula is C18H18N4OS. The van der Waals surface area contributed by atoms with Crippen LogP contribution in [0.25, 0.3) is 21.7 Å². The van der Waals surface area contributed by atoms with Gasteiger partial charge < -0.3 is 10.0 Å². The summed E-state index contributed by atoms with van der Waals surface area (Å²) >= 11 is 1.67. The fraction of sp³-hybridized carbons (Fsp3) is 0.278. The zero-order valence-corrected chi connectivity index (χ0v) is 14.0. The van der Waals surface area contributed by atoms with Gasteiger partial charge in [-0.1, -0.05) is 6.07 Å². The molecule has 0 unspecified atom stereocenters. The van der Waals surface area contributed by atoms with E-state index in [1.807, 2.05) is 30.6 Å². The smallest absolute Gasteiger partial charge is 0.225 e. The maximum atomic E-state index is 9.93. The first-order valence-corrected chi connectivity index (χ1v) is 8.93. The van der Waals surface area contributed by atoms with Crippen molar-refractivity contribution in [3.05, 3.63) is 48.2 Å². The van der Waals surface area contributed by atoms with Crippen LogP contribution < -0.4 is 4.90 Å². The molecule has 1 aliphatic heterocycles. The fourth-order valence-electron chi connectivity index (χ4n) is 3.00. The molecule has 1 aliphatic rings. The second-order valence-electron chi connectivity index (χ2n) is 5.89. The third kappa shape index (κ3) is 3.02. The molecule has 1 N–H and O–H groups in total. The molecule has 1 atom stereocenters. The van der Waals surface area contributed by atoms with Crippen molar-refractivity contribution in [2.75, 3.05) is 18.0 Å². The lowest BCUT2D eigenvalue weighted by Crippen LogP contribution is -2.39. The molecule has 0 bridgehead atoms. The van der Waals surface area contributed by atoms with Crippen LogP contribution in [0.3, 0.4) is 0 Å². The summed E-state index contributed by atoms with van der Waals surface area (Å²) in [4.78, 5) is 16.8. The van der Waals surface area contributed by atoms with Crippen molar-refractivity contribution in [2.45, 2.75) is 18.9 Å². The number of aliphatic hydroxyl groups is 1. The Morgan fingerprint density at radius 1 is 1.21 bits per heavy atom. The van der Waals surface area contributed by atoms with Crippen LogP contribution in [0.15, 0.2) is 48.2 Å². The number of β-amino-alcohol motifs (C(OH)–C–C–N with tert-alkyl or cyclic N) is 1. The van der Waals surface area contributed by atoms with Crippen LogP contribution >= 0.6 is 11.3 Å². The second kappa shape index (κ2) is 6.67. The molecule has 4 heterocycles. The number of rotatable bonds is 3. The highest BCUT2D eigenvalue weighted by molar-refractivity contribution is 7.13. The molecule has 4 rings (SSSR count). The van der Waals surface area contributed by atoms with Crippen LogP contribution in [-0.2, 0) is 0 Å². The highest BCUT2D eigenvalue weighted by atomic mass is 32.1. The first-order valence-electron chi connectivity index (χ1n) is 8.05. The first kappa shape index (κ1) is 15.2. The predicted molar refractivity (Wildman–Crippen MR) is 96.0 cm³/mol. The summed E-state index contributed by atoms with van der Waals surface area (Å²) in [7, 11) is 0. The van der Waals surface area contributed by atoms with E-state index in [-0.39, 0.29) is 6.10 Å². The Morgan fingerprint density at radius 3 is 2.92 bits per heavy atom. The minimum absolute atomic E-state index is 0.304. The lowest BCUT2D eigenvalue weighted by molar-refractivity contribution is 0.153. The standard InChI is InChI=1S/C18H18N4OS/c23-14-5-2-8-22(12-14)18-20-11-15(16-6-3-9-24-16)17(21-18)13-4-1-7-19-10-13/h1,3-4,6-7,9-11,14,23H,2,5,8,12H2/t14-/m0/s1. The summed E-state index contributed by atoms with van der Waals surface area (Å²) in [6.07, 6.45) is 6.98. The van der Waals surface area contributed by atoms with Gasteiger partial charge in [0.2, 0.25) is 5.95 Å². The molecule has 5 nitrogen and oxygen atoms in total. The third-order valence-electron chi connectivity index (χ3n) is 4.18. The van der Waals surface area contributed by atoms with E-state index in [0.29, 0.717) is 12.5 Å². The number of pyridine rings is 1. The van der Waals surface area contributed by atoms with Gasteiger partial charge in [0.05, 0.1) is 11.8 Å². The molecule has 3 aromatic heterocycles. The van der Waals surface area contributed by atoms with Gasteiger partial charge >= 0.3 is 0 Å². The van der Waals surface area contributed by atoms with Gasteiger partial charge in [0.25, 0.3) is 0 Å². The Kier molecular flexibility index (Phi) is 4.23. The Bertz CT molecular complexity index is 807. The highest BCUT2D eigenvalue weighted by Crippen LogP contribution is 2.33. The quantitative estimate of drug-likeness (QED) is 0.794. The van der Waals surface area contributed by atoms with Gasteiger partial charge in [-0.3, -0.25) is 4.98 Å². The van der Waals surface area contributed by atoms with Gasteiger partial charge in [-0.2, -0.15) is 0 Å². The third-order valence-corrected chi connectivity index (χ3v) is 5.08. The fourth-order valence-corrected chi connectivity index (χ4v) is 3.73. The molecule has 0 aliphatic carbocycles. The van der Waals surface area contributed by atoms with Crippen molar-refractivity contribution in [2.24, 2.45) is 0 Å². The normalized spacial score (nSPS) is 17.9. The van der Waals surface area contributed by atoms with Gasteiger partial charge in [0.15, 0.2) is 0 Å². The molecule has 3 aromatic rings. The van der Waals surface area contributed by atoms with E-state index in [0.717, 1.165) is 41.1 Å². The van der Waals surface area contributed by atoms with Crippen LogP contribution in [-0.4, -0.2) is 39.3 Å². The number of thiophene rings is 1. The minimum Gasteiger partial charge on any atom is -0.391 e. The van der Waals surface area contributed by atoms with Gasteiger partial charge in [-0.25, -0.2) is 9.97 Å². The summed E-state index contributed by atoms with van der Waals surface area (Å²) in [6.45, 7) is 1.46. The van der Waals surface area contributed by atoms with E-state index in [2.05, 4.69) is 26.3 Å². The van der Waals surface area contributed by atoms with E-state index in [1.54, 1.807) is 17.5 Å². The maximum absolute atomic E-state index is 9.93. The molecule has 0 aromatic carbocycles. The monoisotopic (exact) mass is 338 g/mol. The Hall–Kier alpha value is -2.31. The molecule has 0 saturated carbocycles. The van der Waals surface area contributed by atoms with E-state index in [1.165, 1.54) is 0 Å². The van der Waals surface area contributed by atoms with Crippen molar-refractivity contribution in [1.82, 2.24) is 15.0 Å². The van der Waals surface area contributed by atoms with Crippen molar-refractivity contribution in [3.8, 4) is 21.7 Å². The van der Waals surface area contributed by atoms with E-state index in [4.69, 9.17) is 4.98 Å². The summed E-state index contributed by atoms with van der Waals surface area (Å²) in [5, 5.41) is 12.0. The molecular weight excluding hydrogens is 320 g/mol. The lowest BCUT2D eigenvalue weighted by Gasteiger charge is -2.30. The SMILES string of the molecule is O[C@H]1CCCN(c2ncc(-c3cccs3)c(-c3cccnc3)n2)C1. The Morgan fingerprint density at radius 2 is 2.17 bits per heavy atom. The first-order chi connectivity index (χ1) is 11.8. The van der Waals surface area contributed by atoms with Crippen molar-refractivity contribution < 1.29 is 5.11 Å². The molecule has 24 heavy (non-hydrogen) atoms. The van der Waals surface area contributed by atoms with Gasteiger partial charge in [-0.05, 0) is 36.4 Å². The lowest BCUT2D eigenvalue weighted by atomic mass is 10.1. The average Bonchev–Trinajstić information content (AvgIpc) is 3.16. The number of aromatic nitrogens is 3. The Labute approximate surface area is 144 Å². The van der Waals surface area contributed by atoms with Gasteiger partial charge in [0, 0.05) is 47.7 Å². The molecule has 122 valence electrons. The topological polar surface area (TPSA) is 62.1 Å². The second-order valence-corrected chi connectivity index (χ2v) is 6.84. The molecule has 0 amide bonds. The minimum atomic E-state index is -0.304. The number of aliphatic hydroxyl groups excluding tert-OH is 1. The van der Waals surface area contributed by atoms with Crippen LogP contribution in [0.2, 0.25) is 0 Å². The average molecular weight is 338 g/mol. The summed E-state index contributed by atoms with van der Waals surface area (Å²) in [6, 6.07) is 8.04.